The Bertz CT molecular complexity index is 508. The summed E-state index contributed by atoms with van der Waals surface area (Å²) >= 11 is 8.93. The monoisotopic (exact) mass is 362 g/mol. The molecule has 0 heterocycles. The number of hydrogen-bond donors (Lipinski definition) is 3. The summed E-state index contributed by atoms with van der Waals surface area (Å²) in [6, 6.07) is 4.17. The van der Waals surface area contributed by atoms with Crippen molar-refractivity contribution in [2.75, 3.05) is 6.54 Å². The zero-order valence-corrected chi connectivity index (χ0v) is 13.4. The van der Waals surface area contributed by atoms with E-state index in [9.17, 15) is 9.50 Å². The fourth-order valence-electron chi connectivity index (χ4n) is 1.69. The molecule has 0 saturated carbocycles. The Morgan fingerprint density at radius 3 is 2.85 bits per heavy atom. The summed E-state index contributed by atoms with van der Waals surface area (Å²) in [7, 11) is 0. The SMILES string of the molecule is CCN/C=C(/CCC(O)c1ccc(F)cc1Br)C(=N)Cl. The second-order valence-corrected chi connectivity index (χ2v) is 5.49. The highest BCUT2D eigenvalue weighted by molar-refractivity contribution is 9.10. The van der Waals surface area contributed by atoms with Gasteiger partial charge in [0, 0.05) is 22.8 Å². The summed E-state index contributed by atoms with van der Waals surface area (Å²) in [5, 5.41) is 20.5. The van der Waals surface area contributed by atoms with Gasteiger partial charge >= 0.3 is 0 Å². The molecule has 110 valence electrons. The Morgan fingerprint density at radius 1 is 1.60 bits per heavy atom. The summed E-state index contributed by atoms with van der Waals surface area (Å²) in [6.45, 7) is 2.68. The molecule has 0 amide bonds. The molecule has 1 unspecified atom stereocenters. The number of halogens is 3. The molecule has 0 aliphatic carbocycles. The first-order chi connectivity index (χ1) is 9.45. The van der Waals surface area contributed by atoms with E-state index in [1.807, 2.05) is 6.92 Å². The van der Waals surface area contributed by atoms with Crippen molar-refractivity contribution >= 4 is 32.7 Å². The molecule has 0 aromatic heterocycles. The summed E-state index contributed by atoms with van der Waals surface area (Å²) in [4.78, 5) is 0. The largest absolute Gasteiger partial charge is 0.391 e. The number of benzene rings is 1. The van der Waals surface area contributed by atoms with E-state index in [1.165, 1.54) is 12.1 Å². The second kappa shape index (κ2) is 8.39. The molecular weight excluding hydrogens is 347 g/mol. The first-order valence-electron chi connectivity index (χ1n) is 6.25. The van der Waals surface area contributed by atoms with Gasteiger partial charge < -0.3 is 10.4 Å². The van der Waals surface area contributed by atoms with Crippen molar-refractivity contribution in [2.24, 2.45) is 0 Å². The zero-order chi connectivity index (χ0) is 15.1. The van der Waals surface area contributed by atoms with Crippen LogP contribution in [0, 0.1) is 11.2 Å². The van der Waals surface area contributed by atoms with Gasteiger partial charge in [0.25, 0.3) is 0 Å². The lowest BCUT2D eigenvalue weighted by Gasteiger charge is -2.14. The zero-order valence-electron chi connectivity index (χ0n) is 11.1. The van der Waals surface area contributed by atoms with Crippen LogP contribution in [0.2, 0.25) is 0 Å². The van der Waals surface area contributed by atoms with Crippen LogP contribution in [0.25, 0.3) is 0 Å². The maximum Gasteiger partial charge on any atom is 0.125 e. The fraction of sp³-hybridized carbons (Fsp3) is 0.357. The normalized spacial score (nSPS) is 13.2. The Morgan fingerprint density at radius 2 is 2.30 bits per heavy atom. The van der Waals surface area contributed by atoms with Crippen molar-refractivity contribution in [3.63, 3.8) is 0 Å². The van der Waals surface area contributed by atoms with Gasteiger partial charge in [0.2, 0.25) is 0 Å². The van der Waals surface area contributed by atoms with E-state index < -0.39 is 6.10 Å². The number of hydrogen-bond acceptors (Lipinski definition) is 3. The Labute approximate surface area is 131 Å². The van der Waals surface area contributed by atoms with Crippen molar-refractivity contribution in [3.05, 3.63) is 45.8 Å². The van der Waals surface area contributed by atoms with Crippen LogP contribution in [0.1, 0.15) is 31.4 Å². The van der Waals surface area contributed by atoms with E-state index in [0.29, 0.717) is 28.5 Å². The lowest BCUT2D eigenvalue weighted by molar-refractivity contribution is 0.167. The van der Waals surface area contributed by atoms with E-state index in [0.717, 1.165) is 6.54 Å². The Balaban J connectivity index is 2.70. The number of aliphatic hydroxyl groups is 1. The molecule has 20 heavy (non-hydrogen) atoms. The van der Waals surface area contributed by atoms with Crippen molar-refractivity contribution < 1.29 is 9.50 Å². The van der Waals surface area contributed by atoms with Crippen molar-refractivity contribution in [3.8, 4) is 0 Å². The van der Waals surface area contributed by atoms with Crippen LogP contribution in [-0.4, -0.2) is 16.8 Å². The first-order valence-corrected chi connectivity index (χ1v) is 7.42. The quantitative estimate of drug-likeness (QED) is 0.639. The topological polar surface area (TPSA) is 56.1 Å². The van der Waals surface area contributed by atoms with Gasteiger partial charge in [-0.15, -0.1) is 0 Å². The third-order valence-electron chi connectivity index (χ3n) is 2.77. The second-order valence-electron chi connectivity index (χ2n) is 4.26. The third-order valence-corrected chi connectivity index (χ3v) is 3.70. The summed E-state index contributed by atoms with van der Waals surface area (Å²) in [5.74, 6) is -0.358. The van der Waals surface area contributed by atoms with Crippen LogP contribution < -0.4 is 5.32 Å². The average molecular weight is 364 g/mol. The van der Waals surface area contributed by atoms with E-state index in [4.69, 9.17) is 17.0 Å². The standard InChI is InChI=1S/C14H17BrClFN2O/c1-2-19-8-9(14(16)18)3-6-13(20)11-5-4-10(17)7-12(11)15/h4-5,7-8,13,18-20H,2-3,6H2,1H3/b9-8-,18-14?. The van der Waals surface area contributed by atoms with Crippen LogP contribution in [0.4, 0.5) is 4.39 Å². The molecule has 3 N–H and O–H groups in total. The van der Waals surface area contributed by atoms with Crippen molar-refractivity contribution in [1.82, 2.24) is 5.32 Å². The molecule has 0 aliphatic heterocycles. The van der Waals surface area contributed by atoms with Gasteiger partial charge in [0.05, 0.1) is 6.10 Å². The minimum Gasteiger partial charge on any atom is -0.391 e. The van der Waals surface area contributed by atoms with Crippen LogP contribution in [0.5, 0.6) is 0 Å². The molecule has 0 bridgehead atoms. The van der Waals surface area contributed by atoms with E-state index in [-0.39, 0.29) is 11.0 Å². The number of rotatable bonds is 7. The summed E-state index contributed by atoms with van der Waals surface area (Å²) < 4.78 is 13.5. The average Bonchev–Trinajstić information content (AvgIpc) is 2.38. The minimum atomic E-state index is -0.744. The first kappa shape index (κ1) is 17.1. The van der Waals surface area contributed by atoms with Crippen molar-refractivity contribution in [1.29, 1.82) is 5.41 Å². The molecule has 0 radical (unpaired) electrons. The predicted molar refractivity (Wildman–Crippen MR) is 83.6 cm³/mol. The highest BCUT2D eigenvalue weighted by Gasteiger charge is 2.13. The Hall–Kier alpha value is -0.910. The minimum absolute atomic E-state index is 0.0451. The molecule has 0 spiro atoms. The van der Waals surface area contributed by atoms with Crippen LogP contribution in [0.15, 0.2) is 34.4 Å². The molecule has 1 atom stereocenters. The van der Waals surface area contributed by atoms with Gasteiger partial charge in [-0.3, -0.25) is 5.41 Å². The molecule has 0 fully saturated rings. The smallest absolute Gasteiger partial charge is 0.125 e. The summed E-state index contributed by atoms with van der Waals surface area (Å²) in [6.07, 6.45) is 1.80. The molecule has 1 aromatic carbocycles. The lowest BCUT2D eigenvalue weighted by atomic mass is 10.0. The maximum atomic E-state index is 13.0. The molecule has 6 heteroatoms. The van der Waals surface area contributed by atoms with Gasteiger partial charge in [-0.1, -0.05) is 33.6 Å². The molecule has 3 nitrogen and oxygen atoms in total. The van der Waals surface area contributed by atoms with Crippen LogP contribution >= 0.6 is 27.5 Å². The summed E-state index contributed by atoms with van der Waals surface area (Å²) in [5.41, 5.74) is 1.25. The highest BCUT2D eigenvalue weighted by atomic mass is 79.9. The lowest BCUT2D eigenvalue weighted by Crippen LogP contribution is -2.08. The molecule has 1 rings (SSSR count). The third kappa shape index (κ3) is 5.23. The van der Waals surface area contributed by atoms with Gasteiger partial charge in [-0.25, -0.2) is 4.39 Å². The van der Waals surface area contributed by atoms with E-state index in [2.05, 4.69) is 21.2 Å². The number of allylic oxidation sites excluding steroid dienone is 1. The molecule has 1 aromatic rings. The van der Waals surface area contributed by atoms with E-state index >= 15 is 0 Å². The molecule has 0 saturated heterocycles. The fourth-order valence-corrected chi connectivity index (χ4v) is 2.45. The van der Waals surface area contributed by atoms with Crippen LogP contribution in [-0.2, 0) is 0 Å². The number of nitrogens with one attached hydrogen (secondary N) is 2. The van der Waals surface area contributed by atoms with Crippen molar-refractivity contribution in [2.45, 2.75) is 25.9 Å². The molecular formula is C14H17BrClFN2O. The predicted octanol–water partition coefficient (Wildman–Crippen LogP) is 4.11. The van der Waals surface area contributed by atoms with E-state index in [1.54, 1.807) is 12.3 Å². The van der Waals surface area contributed by atoms with Crippen LogP contribution in [0.3, 0.4) is 0 Å². The Kier molecular flexibility index (Phi) is 7.19. The maximum absolute atomic E-state index is 13.0. The molecule has 0 aliphatic rings. The van der Waals surface area contributed by atoms with Gasteiger partial charge in [0.15, 0.2) is 0 Å². The van der Waals surface area contributed by atoms with Gasteiger partial charge in [-0.05, 0) is 37.5 Å². The highest BCUT2D eigenvalue weighted by Crippen LogP contribution is 2.28. The number of aliphatic hydroxyl groups excluding tert-OH is 1. The van der Waals surface area contributed by atoms with Gasteiger partial charge in [0.1, 0.15) is 11.0 Å². The van der Waals surface area contributed by atoms with Gasteiger partial charge in [-0.2, -0.15) is 0 Å².